The van der Waals surface area contributed by atoms with Gasteiger partial charge >= 0.3 is 0 Å². The minimum Gasteiger partial charge on any atom is -0.333 e. The summed E-state index contributed by atoms with van der Waals surface area (Å²) in [5.74, 6) is 0. The van der Waals surface area contributed by atoms with Crippen molar-refractivity contribution in [2.45, 2.75) is 26.2 Å². The molecule has 4 nitrogen and oxygen atoms in total. The third kappa shape index (κ3) is 75.3. The van der Waals surface area contributed by atoms with Crippen LogP contribution in [0.4, 0.5) is 0 Å². The summed E-state index contributed by atoms with van der Waals surface area (Å²) in [7, 11) is 4.80. The van der Waals surface area contributed by atoms with Crippen LogP contribution in [0.2, 0.25) is 0 Å². The van der Waals surface area contributed by atoms with Gasteiger partial charge in [0.2, 0.25) is 0 Å². The molecule has 0 aromatic carbocycles. The Kier molecular flexibility index (Phi) is 103. The van der Waals surface area contributed by atoms with Crippen LogP contribution in [0.1, 0.15) is 26.2 Å². The fourth-order valence-corrected chi connectivity index (χ4v) is 0.779. The van der Waals surface area contributed by atoms with Gasteiger partial charge in [-0.2, -0.15) is 0 Å². The quantitative estimate of drug-likeness (QED) is 0.481. The average Bonchev–Trinajstić information content (AvgIpc) is 2.27. The van der Waals surface area contributed by atoms with Gasteiger partial charge in [0.15, 0.2) is 8.46 Å². The first-order valence-corrected chi connectivity index (χ1v) is 5.44. The highest BCUT2D eigenvalue weighted by Gasteiger charge is 1.81. The van der Waals surface area contributed by atoms with Gasteiger partial charge in [-0.05, 0) is 27.6 Å². The first-order chi connectivity index (χ1) is 6.41. The number of rotatable bonds is 4. The van der Waals surface area contributed by atoms with Gasteiger partial charge in [-0.1, -0.05) is 19.8 Å². The fourth-order valence-electron chi connectivity index (χ4n) is 0.426. The van der Waals surface area contributed by atoms with Crippen LogP contribution in [0, 0.1) is 0 Å². The molecule has 0 aliphatic heterocycles. The van der Waals surface area contributed by atoms with Gasteiger partial charge in [-0.25, -0.2) is 0 Å². The van der Waals surface area contributed by atoms with Gasteiger partial charge < -0.3 is 17.2 Å². The van der Waals surface area contributed by atoms with Gasteiger partial charge in [-0.3, -0.25) is 4.57 Å². The molecule has 0 atom stereocenters. The second kappa shape index (κ2) is 58.2. The molecule has 6 N–H and O–H groups in total. The van der Waals surface area contributed by atoms with E-state index in [0.717, 1.165) is 12.6 Å². The monoisotopic (exact) mass is 211 g/mol. The normalized spacial score (nSPS) is 6.69. The van der Waals surface area contributed by atoms with Crippen molar-refractivity contribution in [3.05, 3.63) is 0 Å². The Morgan fingerprint density at radius 3 is 1.54 bits per heavy atom. The molecule has 0 heterocycles. The molecule has 0 fully saturated rings. The van der Waals surface area contributed by atoms with E-state index in [0.29, 0.717) is 8.46 Å². The zero-order valence-electron chi connectivity index (χ0n) is 9.42. The van der Waals surface area contributed by atoms with Crippen LogP contribution in [0.5, 0.6) is 0 Å². The highest BCUT2D eigenvalue weighted by atomic mass is 31.1. The van der Waals surface area contributed by atoms with Crippen molar-refractivity contribution in [3.63, 3.8) is 0 Å². The van der Waals surface area contributed by atoms with E-state index in [1.54, 1.807) is 0 Å². The van der Waals surface area contributed by atoms with Gasteiger partial charge in [0.05, 0.1) is 0 Å². The van der Waals surface area contributed by atoms with E-state index in [1.807, 2.05) is 0 Å². The Morgan fingerprint density at radius 1 is 0.923 bits per heavy atom. The van der Waals surface area contributed by atoms with E-state index < -0.39 is 0 Å². The molecule has 0 radical (unpaired) electrons. The van der Waals surface area contributed by atoms with Crippen molar-refractivity contribution in [1.82, 2.24) is 0 Å². The molecule has 5 heteroatoms. The van der Waals surface area contributed by atoms with Gasteiger partial charge in [0, 0.05) is 6.16 Å². The number of hydrogen-bond donors (Lipinski definition) is 3. The lowest BCUT2D eigenvalue weighted by Crippen LogP contribution is -1.71. The lowest BCUT2D eigenvalue weighted by Gasteiger charge is -1.84. The first-order valence-electron chi connectivity index (χ1n) is 4.44. The summed E-state index contributed by atoms with van der Waals surface area (Å²) >= 11 is 0. The fraction of sp³-hybridized carbons (Fsp3) is 1.00. The first kappa shape index (κ1) is 23.1. The van der Waals surface area contributed by atoms with Crippen molar-refractivity contribution in [3.8, 4) is 0 Å². The van der Waals surface area contributed by atoms with Crippen LogP contribution in [-0.4, -0.2) is 27.3 Å². The van der Waals surface area contributed by atoms with Crippen molar-refractivity contribution in [2.24, 2.45) is 17.2 Å². The molecule has 84 valence electrons. The van der Waals surface area contributed by atoms with Gasteiger partial charge in [-0.15, -0.1) is 0 Å². The van der Waals surface area contributed by atoms with E-state index in [1.165, 1.54) is 34.0 Å². The molecule has 0 spiro atoms. The smallest absolute Gasteiger partial charge is 0.155 e. The molecule has 0 saturated heterocycles. The standard InChI is InChI=1S/C5H11OP.3CH5N/c1-2-3-4-5-7-6;3*1-2/h2-5H2,1H3;3*2H2,1H3. The highest BCUT2D eigenvalue weighted by Crippen LogP contribution is 2.00. The molecule has 0 bridgehead atoms. The maximum absolute atomic E-state index is 9.78. The van der Waals surface area contributed by atoms with Crippen molar-refractivity contribution >= 4 is 8.46 Å². The van der Waals surface area contributed by atoms with Gasteiger partial charge in [0.25, 0.3) is 0 Å². The average molecular weight is 211 g/mol. The Balaban J connectivity index is -0.0000000573. The lowest BCUT2D eigenvalue weighted by molar-refractivity contribution is 0.596. The predicted octanol–water partition coefficient (Wildman–Crippen LogP) is 1.19. The minimum atomic E-state index is 0.305. The van der Waals surface area contributed by atoms with Gasteiger partial charge in [0.1, 0.15) is 0 Å². The summed E-state index contributed by atoms with van der Waals surface area (Å²) in [5.41, 5.74) is 13.5. The number of nitrogens with two attached hydrogens (primary N) is 3. The molecule has 0 rings (SSSR count). The van der Waals surface area contributed by atoms with Crippen LogP contribution < -0.4 is 17.2 Å². The highest BCUT2D eigenvalue weighted by molar-refractivity contribution is 7.23. The van der Waals surface area contributed by atoms with E-state index in [2.05, 4.69) is 24.1 Å². The number of hydrogen-bond acceptors (Lipinski definition) is 4. The minimum absolute atomic E-state index is 0.305. The molecule has 13 heavy (non-hydrogen) atoms. The second-order valence-electron chi connectivity index (χ2n) is 1.56. The van der Waals surface area contributed by atoms with Crippen molar-refractivity contribution in [2.75, 3.05) is 27.3 Å². The van der Waals surface area contributed by atoms with Crippen LogP contribution >= 0.6 is 8.46 Å². The zero-order chi connectivity index (χ0) is 11.5. The number of unbranched alkanes of at least 4 members (excludes halogenated alkanes) is 2. The largest absolute Gasteiger partial charge is 0.333 e. The molecule has 0 aromatic rings. The summed E-state index contributed by atoms with van der Waals surface area (Å²) in [6, 6.07) is 0. The maximum Gasteiger partial charge on any atom is 0.155 e. The molecule has 0 amide bonds. The summed E-state index contributed by atoms with van der Waals surface area (Å²) in [6.07, 6.45) is 4.39. The van der Waals surface area contributed by atoms with E-state index >= 15 is 0 Å². The van der Waals surface area contributed by atoms with E-state index in [4.69, 9.17) is 0 Å². The predicted molar refractivity (Wildman–Crippen MR) is 62.3 cm³/mol. The Bertz CT molecular complexity index is 56.7. The maximum atomic E-state index is 9.78. The molecule has 0 aliphatic rings. The Morgan fingerprint density at radius 2 is 1.31 bits per heavy atom. The van der Waals surface area contributed by atoms with E-state index in [-0.39, 0.29) is 0 Å². The molecule has 0 aromatic heterocycles. The van der Waals surface area contributed by atoms with Crippen LogP contribution in [0.15, 0.2) is 0 Å². The molecular formula is C8H26N3OP. The molecule has 0 unspecified atom stereocenters. The van der Waals surface area contributed by atoms with Crippen LogP contribution in [0.3, 0.4) is 0 Å². The zero-order valence-corrected chi connectivity index (χ0v) is 10.3. The van der Waals surface area contributed by atoms with Crippen LogP contribution in [-0.2, 0) is 4.57 Å². The van der Waals surface area contributed by atoms with Crippen LogP contribution in [0.25, 0.3) is 0 Å². The third-order valence-corrected chi connectivity index (χ3v) is 1.35. The molecule has 0 saturated carbocycles. The Labute approximate surface area is 84.5 Å². The SMILES string of the molecule is CCCCCP=O.CN.CN.CN. The van der Waals surface area contributed by atoms with Crippen molar-refractivity contribution < 1.29 is 4.57 Å². The van der Waals surface area contributed by atoms with Crippen molar-refractivity contribution in [1.29, 1.82) is 0 Å². The molecule has 0 aliphatic carbocycles. The second-order valence-corrected chi connectivity index (χ2v) is 2.27. The summed E-state index contributed by atoms with van der Waals surface area (Å²) < 4.78 is 9.78. The third-order valence-electron chi connectivity index (χ3n) is 0.853. The summed E-state index contributed by atoms with van der Waals surface area (Å²) in [5, 5.41) is 0. The summed E-state index contributed by atoms with van der Waals surface area (Å²) in [4.78, 5) is 0. The topological polar surface area (TPSA) is 95.1 Å². The molecular weight excluding hydrogens is 185 g/mol. The van der Waals surface area contributed by atoms with E-state index in [9.17, 15) is 4.57 Å². The Hall–Kier alpha value is -0.0200. The lowest BCUT2D eigenvalue weighted by atomic mass is 10.3. The summed E-state index contributed by atoms with van der Waals surface area (Å²) in [6.45, 7) is 2.14.